The predicted molar refractivity (Wildman–Crippen MR) is 81.4 cm³/mol. The minimum absolute atomic E-state index is 0.151. The quantitative estimate of drug-likeness (QED) is 0.870. The monoisotopic (exact) mass is 300 g/mol. The second-order valence-electron chi connectivity index (χ2n) is 5.97. The minimum Gasteiger partial charge on any atom is -0.352 e. The van der Waals surface area contributed by atoms with Gasteiger partial charge in [-0.25, -0.2) is 0 Å². The Labute approximate surface area is 129 Å². The number of hydrogen-bond acceptors (Lipinski definition) is 3. The zero-order chi connectivity index (χ0) is 15.7. The van der Waals surface area contributed by atoms with Gasteiger partial charge in [0.2, 0.25) is 5.91 Å². The van der Waals surface area contributed by atoms with Crippen molar-refractivity contribution in [2.45, 2.75) is 51.1 Å². The van der Waals surface area contributed by atoms with Gasteiger partial charge in [0, 0.05) is 6.04 Å². The normalized spacial score (nSPS) is 25.0. The SMILES string of the molecule is CCCC1CCCC(N2C(=O)c3ccccc3C2=O)C(=O)N1. The van der Waals surface area contributed by atoms with Crippen LogP contribution in [0.25, 0.3) is 0 Å². The maximum Gasteiger partial charge on any atom is 0.262 e. The number of amides is 3. The second kappa shape index (κ2) is 5.91. The molecular weight excluding hydrogens is 280 g/mol. The van der Waals surface area contributed by atoms with Gasteiger partial charge in [-0.15, -0.1) is 0 Å². The summed E-state index contributed by atoms with van der Waals surface area (Å²) in [6.45, 7) is 2.08. The van der Waals surface area contributed by atoms with E-state index < -0.39 is 6.04 Å². The maximum atomic E-state index is 12.5. The minimum atomic E-state index is -0.686. The number of fused-ring (bicyclic) bond motifs is 1. The average Bonchev–Trinajstić information content (AvgIpc) is 2.65. The summed E-state index contributed by atoms with van der Waals surface area (Å²) in [5, 5.41) is 2.99. The lowest BCUT2D eigenvalue weighted by Gasteiger charge is -2.24. The Bertz CT molecular complexity index is 591. The van der Waals surface area contributed by atoms with E-state index in [0.717, 1.165) is 30.6 Å². The Morgan fingerprint density at radius 3 is 2.32 bits per heavy atom. The van der Waals surface area contributed by atoms with Crippen LogP contribution in [-0.4, -0.2) is 34.7 Å². The lowest BCUT2D eigenvalue weighted by atomic mass is 10.1. The van der Waals surface area contributed by atoms with Crippen LogP contribution in [0, 0.1) is 0 Å². The molecule has 5 nitrogen and oxygen atoms in total. The van der Waals surface area contributed by atoms with Crippen molar-refractivity contribution in [2.24, 2.45) is 0 Å². The molecule has 2 aliphatic heterocycles. The number of carbonyl (C=O) groups is 3. The molecule has 2 aliphatic rings. The third-order valence-corrected chi connectivity index (χ3v) is 4.45. The molecule has 0 spiro atoms. The van der Waals surface area contributed by atoms with E-state index in [9.17, 15) is 14.4 Å². The Morgan fingerprint density at radius 1 is 1.09 bits per heavy atom. The maximum absolute atomic E-state index is 12.5. The highest BCUT2D eigenvalue weighted by Gasteiger charge is 2.43. The van der Waals surface area contributed by atoms with Crippen LogP contribution in [-0.2, 0) is 4.79 Å². The van der Waals surface area contributed by atoms with Gasteiger partial charge in [-0.05, 0) is 37.8 Å². The molecule has 0 saturated carbocycles. The summed E-state index contributed by atoms with van der Waals surface area (Å²) in [4.78, 5) is 38.6. The van der Waals surface area contributed by atoms with E-state index in [0.29, 0.717) is 17.5 Å². The van der Waals surface area contributed by atoms with Gasteiger partial charge < -0.3 is 5.32 Å². The fourth-order valence-electron chi connectivity index (χ4n) is 3.36. The van der Waals surface area contributed by atoms with Crippen molar-refractivity contribution < 1.29 is 14.4 Å². The average molecular weight is 300 g/mol. The Balaban J connectivity index is 1.84. The van der Waals surface area contributed by atoms with Gasteiger partial charge in [0.1, 0.15) is 6.04 Å². The Morgan fingerprint density at radius 2 is 1.73 bits per heavy atom. The highest BCUT2D eigenvalue weighted by atomic mass is 16.2. The summed E-state index contributed by atoms with van der Waals surface area (Å²) in [6, 6.07) is 6.22. The molecule has 3 amide bonds. The lowest BCUT2D eigenvalue weighted by molar-refractivity contribution is -0.125. The number of nitrogens with one attached hydrogen (secondary N) is 1. The molecule has 1 saturated heterocycles. The van der Waals surface area contributed by atoms with E-state index in [4.69, 9.17) is 0 Å². The number of hydrogen-bond donors (Lipinski definition) is 1. The van der Waals surface area contributed by atoms with Crippen molar-refractivity contribution in [3.05, 3.63) is 35.4 Å². The first kappa shape index (κ1) is 14.8. The van der Waals surface area contributed by atoms with Crippen molar-refractivity contribution >= 4 is 17.7 Å². The third-order valence-electron chi connectivity index (χ3n) is 4.45. The van der Waals surface area contributed by atoms with Gasteiger partial charge in [0.15, 0.2) is 0 Å². The first-order valence-corrected chi connectivity index (χ1v) is 7.90. The van der Waals surface area contributed by atoms with Crippen LogP contribution < -0.4 is 5.32 Å². The molecule has 1 aromatic carbocycles. The summed E-state index contributed by atoms with van der Waals surface area (Å²) >= 11 is 0. The van der Waals surface area contributed by atoms with Gasteiger partial charge in [0.05, 0.1) is 11.1 Å². The Hall–Kier alpha value is -2.17. The van der Waals surface area contributed by atoms with Gasteiger partial charge in [-0.3, -0.25) is 19.3 Å². The van der Waals surface area contributed by atoms with E-state index in [1.165, 1.54) is 0 Å². The molecule has 1 N–H and O–H groups in total. The van der Waals surface area contributed by atoms with Crippen LogP contribution in [0.4, 0.5) is 0 Å². The fourth-order valence-corrected chi connectivity index (χ4v) is 3.36. The fraction of sp³-hybridized carbons (Fsp3) is 0.471. The van der Waals surface area contributed by atoms with Crippen LogP contribution in [0.1, 0.15) is 59.7 Å². The predicted octanol–water partition coefficient (Wildman–Crippen LogP) is 2.12. The summed E-state index contributed by atoms with van der Waals surface area (Å²) < 4.78 is 0. The van der Waals surface area contributed by atoms with Crippen molar-refractivity contribution in [2.75, 3.05) is 0 Å². The molecule has 3 rings (SSSR count). The molecule has 0 radical (unpaired) electrons. The van der Waals surface area contributed by atoms with Crippen molar-refractivity contribution in [3.63, 3.8) is 0 Å². The molecule has 1 fully saturated rings. The van der Waals surface area contributed by atoms with E-state index >= 15 is 0 Å². The zero-order valence-corrected chi connectivity index (χ0v) is 12.7. The number of nitrogens with zero attached hydrogens (tertiary/aromatic N) is 1. The van der Waals surface area contributed by atoms with Gasteiger partial charge in [-0.2, -0.15) is 0 Å². The molecule has 0 aromatic heterocycles. The molecule has 5 heteroatoms. The smallest absolute Gasteiger partial charge is 0.262 e. The molecule has 1 aromatic rings. The van der Waals surface area contributed by atoms with Crippen molar-refractivity contribution in [1.82, 2.24) is 10.2 Å². The molecule has 2 atom stereocenters. The molecule has 0 aliphatic carbocycles. The van der Waals surface area contributed by atoms with Crippen LogP contribution >= 0.6 is 0 Å². The standard InChI is InChI=1S/C17H20N2O3/c1-2-6-11-7-5-10-14(15(20)18-11)19-16(21)12-8-3-4-9-13(12)17(19)22/h3-4,8-9,11,14H,2,5-7,10H2,1H3,(H,18,20). The third kappa shape index (κ3) is 2.40. The molecular formula is C17H20N2O3. The first-order chi connectivity index (χ1) is 10.6. The lowest BCUT2D eigenvalue weighted by Crippen LogP contribution is -2.50. The number of imide groups is 1. The molecule has 0 bridgehead atoms. The van der Waals surface area contributed by atoms with Crippen molar-refractivity contribution in [3.8, 4) is 0 Å². The Kier molecular flexibility index (Phi) is 3.96. The molecule has 22 heavy (non-hydrogen) atoms. The zero-order valence-electron chi connectivity index (χ0n) is 12.7. The molecule has 116 valence electrons. The number of carbonyl (C=O) groups excluding carboxylic acids is 3. The highest BCUT2D eigenvalue weighted by Crippen LogP contribution is 2.27. The van der Waals surface area contributed by atoms with Gasteiger partial charge in [0.25, 0.3) is 11.8 Å². The van der Waals surface area contributed by atoms with E-state index in [-0.39, 0.29) is 23.8 Å². The number of rotatable bonds is 3. The topological polar surface area (TPSA) is 66.5 Å². The first-order valence-electron chi connectivity index (χ1n) is 7.90. The van der Waals surface area contributed by atoms with Crippen LogP contribution in [0.2, 0.25) is 0 Å². The molecule has 2 unspecified atom stereocenters. The largest absolute Gasteiger partial charge is 0.352 e. The highest BCUT2D eigenvalue weighted by molar-refractivity contribution is 6.22. The summed E-state index contributed by atoms with van der Waals surface area (Å²) in [7, 11) is 0. The van der Waals surface area contributed by atoms with Gasteiger partial charge in [-0.1, -0.05) is 25.5 Å². The number of benzene rings is 1. The van der Waals surface area contributed by atoms with Crippen LogP contribution in [0.15, 0.2) is 24.3 Å². The van der Waals surface area contributed by atoms with E-state index in [1.54, 1.807) is 24.3 Å². The summed E-state index contributed by atoms with van der Waals surface area (Å²) in [6.07, 6.45) is 4.21. The van der Waals surface area contributed by atoms with E-state index in [1.807, 2.05) is 0 Å². The van der Waals surface area contributed by atoms with Gasteiger partial charge >= 0.3 is 0 Å². The summed E-state index contributed by atoms with van der Waals surface area (Å²) in [5.74, 6) is -0.908. The summed E-state index contributed by atoms with van der Waals surface area (Å²) in [5.41, 5.74) is 0.796. The second-order valence-corrected chi connectivity index (χ2v) is 5.97. The van der Waals surface area contributed by atoms with Crippen LogP contribution in [0.3, 0.4) is 0 Å². The molecule has 2 heterocycles. The van der Waals surface area contributed by atoms with Crippen LogP contribution in [0.5, 0.6) is 0 Å². The van der Waals surface area contributed by atoms with E-state index in [2.05, 4.69) is 12.2 Å². The van der Waals surface area contributed by atoms with Crippen molar-refractivity contribution in [1.29, 1.82) is 0 Å².